The van der Waals surface area contributed by atoms with Crippen molar-refractivity contribution in [2.75, 3.05) is 20.8 Å². The number of likely N-dealkylation sites (N-methyl/N-ethyl adjacent to an activating group) is 1. The summed E-state index contributed by atoms with van der Waals surface area (Å²) < 4.78 is 37.5. The van der Waals surface area contributed by atoms with E-state index in [2.05, 4.69) is 5.32 Å². The van der Waals surface area contributed by atoms with Crippen LogP contribution in [0.25, 0.3) is 0 Å². The van der Waals surface area contributed by atoms with Gasteiger partial charge >= 0.3 is 0 Å². The molecule has 160 valence electrons. The number of nitrogens with zero attached hydrogens (tertiary/aromatic N) is 1. The highest BCUT2D eigenvalue weighted by Crippen LogP contribution is 2.28. The average molecular weight is 437 g/mol. The zero-order chi connectivity index (χ0) is 22.5. The topological polar surface area (TPSA) is 154 Å². The Morgan fingerprint density at radius 2 is 1.83 bits per heavy atom. The van der Waals surface area contributed by atoms with E-state index >= 15 is 0 Å². The third-order valence-electron chi connectivity index (χ3n) is 3.96. The first-order valence-electron chi connectivity index (χ1n) is 8.42. The number of carbonyl (C=O) groups is 2. The molecule has 0 aliphatic rings. The maximum atomic E-state index is 12.6. The molecule has 0 radical (unpaired) electrons. The molecule has 0 fully saturated rings. The lowest BCUT2D eigenvalue weighted by Crippen LogP contribution is -2.31. The molecule has 0 unspecified atom stereocenters. The van der Waals surface area contributed by atoms with Crippen LogP contribution in [0.3, 0.4) is 0 Å². The summed E-state index contributed by atoms with van der Waals surface area (Å²) in [4.78, 5) is 33.6. The number of nitro groups is 1. The summed E-state index contributed by atoms with van der Waals surface area (Å²) in [5.74, 6) is -1.07. The Kier molecular flexibility index (Phi) is 6.95. The number of hydrogen-bond acceptors (Lipinski definition) is 8. The van der Waals surface area contributed by atoms with Crippen molar-refractivity contribution in [3.63, 3.8) is 0 Å². The van der Waals surface area contributed by atoms with Gasteiger partial charge in [-0.3, -0.25) is 19.7 Å². The number of benzene rings is 2. The Bertz CT molecular complexity index is 1100. The Labute approximate surface area is 172 Å². The standard InChI is InChI=1S/C18H19N3O8S/c1-11-4-6-13(21(24)25)9-16(11)30(26,27)20-18(23)12-5-7-14(15(8-12)28-3)29-10-17(22)19-2/h4-9H,10H2,1-3H3,(H,19,22)(H,20,23). The second kappa shape index (κ2) is 9.22. The van der Waals surface area contributed by atoms with Gasteiger partial charge in [-0.2, -0.15) is 0 Å². The minimum Gasteiger partial charge on any atom is -0.493 e. The van der Waals surface area contributed by atoms with Gasteiger partial charge in [0, 0.05) is 24.7 Å². The molecule has 11 nitrogen and oxygen atoms in total. The second-order valence-corrected chi connectivity index (χ2v) is 7.62. The maximum Gasteiger partial charge on any atom is 0.270 e. The molecule has 0 atom stereocenters. The fourth-order valence-electron chi connectivity index (χ4n) is 2.37. The molecule has 0 heterocycles. The summed E-state index contributed by atoms with van der Waals surface area (Å²) in [5, 5.41) is 13.3. The van der Waals surface area contributed by atoms with Crippen molar-refractivity contribution >= 4 is 27.5 Å². The SMILES string of the molecule is CNC(=O)COc1ccc(C(=O)NS(=O)(=O)c2cc([N+](=O)[O-])ccc2C)cc1OC. The van der Waals surface area contributed by atoms with Crippen LogP contribution in [0.2, 0.25) is 0 Å². The van der Waals surface area contributed by atoms with E-state index in [1.165, 1.54) is 51.4 Å². The zero-order valence-corrected chi connectivity index (χ0v) is 17.1. The predicted octanol–water partition coefficient (Wildman–Crippen LogP) is 1.16. The third kappa shape index (κ3) is 5.23. The number of rotatable bonds is 8. The second-order valence-electron chi connectivity index (χ2n) is 5.97. The number of sulfonamides is 1. The maximum absolute atomic E-state index is 12.6. The van der Waals surface area contributed by atoms with Crippen LogP contribution < -0.4 is 19.5 Å². The lowest BCUT2D eigenvalue weighted by Gasteiger charge is -2.12. The summed E-state index contributed by atoms with van der Waals surface area (Å²) in [6, 6.07) is 7.19. The molecule has 0 saturated heterocycles. The quantitative estimate of drug-likeness (QED) is 0.460. The molecule has 30 heavy (non-hydrogen) atoms. The van der Waals surface area contributed by atoms with E-state index in [9.17, 15) is 28.1 Å². The van der Waals surface area contributed by atoms with Crippen LogP contribution in [0.15, 0.2) is 41.3 Å². The molecule has 0 spiro atoms. The fraction of sp³-hybridized carbons (Fsp3) is 0.222. The summed E-state index contributed by atoms with van der Waals surface area (Å²) in [7, 11) is -1.62. The van der Waals surface area contributed by atoms with Gasteiger partial charge in [-0.05, 0) is 30.7 Å². The minimum absolute atomic E-state index is 0.0641. The average Bonchev–Trinajstić information content (AvgIpc) is 2.71. The number of nitrogens with one attached hydrogen (secondary N) is 2. The number of carbonyl (C=O) groups excluding carboxylic acids is 2. The highest BCUT2D eigenvalue weighted by atomic mass is 32.2. The van der Waals surface area contributed by atoms with Crippen LogP contribution in [0.1, 0.15) is 15.9 Å². The molecule has 0 aromatic heterocycles. The smallest absolute Gasteiger partial charge is 0.270 e. The minimum atomic E-state index is -4.38. The number of non-ortho nitro benzene ring substituents is 1. The van der Waals surface area contributed by atoms with E-state index in [1.807, 2.05) is 4.72 Å². The monoisotopic (exact) mass is 437 g/mol. The lowest BCUT2D eigenvalue weighted by atomic mass is 10.2. The van der Waals surface area contributed by atoms with E-state index < -0.39 is 26.5 Å². The van der Waals surface area contributed by atoms with Gasteiger partial charge in [0.15, 0.2) is 18.1 Å². The molecule has 2 aromatic rings. The van der Waals surface area contributed by atoms with Crippen LogP contribution in [0.4, 0.5) is 5.69 Å². The van der Waals surface area contributed by atoms with Crippen molar-refractivity contribution < 1.29 is 32.4 Å². The summed E-state index contributed by atoms with van der Waals surface area (Å²) in [6.45, 7) is 1.17. The molecular formula is C18H19N3O8S. The van der Waals surface area contributed by atoms with Crippen molar-refractivity contribution in [1.82, 2.24) is 10.0 Å². The van der Waals surface area contributed by atoms with Crippen molar-refractivity contribution in [3.8, 4) is 11.5 Å². The van der Waals surface area contributed by atoms with Gasteiger partial charge in [-0.25, -0.2) is 13.1 Å². The number of nitro benzene ring substituents is 1. The number of methoxy groups -OCH3 is 1. The summed E-state index contributed by atoms with van der Waals surface area (Å²) >= 11 is 0. The van der Waals surface area contributed by atoms with Gasteiger partial charge in [0.1, 0.15) is 0 Å². The van der Waals surface area contributed by atoms with Gasteiger partial charge < -0.3 is 14.8 Å². The van der Waals surface area contributed by atoms with E-state index in [0.717, 1.165) is 6.07 Å². The normalized spacial score (nSPS) is 10.8. The van der Waals surface area contributed by atoms with Gasteiger partial charge in [0.05, 0.1) is 16.9 Å². The van der Waals surface area contributed by atoms with Crippen LogP contribution in [0.5, 0.6) is 11.5 Å². The van der Waals surface area contributed by atoms with Gasteiger partial charge in [0.25, 0.3) is 27.5 Å². The fourth-order valence-corrected chi connectivity index (χ4v) is 3.61. The Morgan fingerprint density at radius 1 is 1.13 bits per heavy atom. The molecule has 0 aliphatic carbocycles. The molecule has 2 aromatic carbocycles. The number of amides is 2. The largest absolute Gasteiger partial charge is 0.493 e. The highest BCUT2D eigenvalue weighted by Gasteiger charge is 2.24. The molecule has 2 rings (SSSR count). The Balaban J connectivity index is 2.27. The Hall–Kier alpha value is -3.67. The lowest BCUT2D eigenvalue weighted by molar-refractivity contribution is -0.385. The van der Waals surface area contributed by atoms with Crippen molar-refractivity contribution in [3.05, 3.63) is 57.6 Å². The van der Waals surface area contributed by atoms with Crippen molar-refractivity contribution in [2.24, 2.45) is 0 Å². The van der Waals surface area contributed by atoms with Gasteiger partial charge in [-0.15, -0.1) is 0 Å². The summed E-state index contributed by atoms with van der Waals surface area (Å²) in [6.07, 6.45) is 0. The predicted molar refractivity (Wildman–Crippen MR) is 105 cm³/mol. The van der Waals surface area contributed by atoms with E-state index in [-0.39, 0.29) is 40.0 Å². The Morgan fingerprint density at radius 3 is 2.43 bits per heavy atom. The first-order chi connectivity index (χ1) is 14.1. The van der Waals surface area contributed by atoms with Gasteiger partial charge in [-0.1, -0.05) is 6.07 Å². The van der Waals surface area contributed by atoms with E-state index in [4.69, 9.17) is 9.47 Å². The van der Waals surface area contributed by atoms with Crippen LogP contribution in [-0.2, 0) is 14.8 Å². The van der Waals surface area contributed by atoms with Crippen LogP contribution in [-0.4, -0.2) is 45.9 Å². The zero-order valence-electron chi connectivity index (χ0n) is 16.3. The first kappa shape index (κ1) is 22.6. The molecular weight excluding hydrogens is 418 g/mol. The molecule has 0 saturated carbocycles. The third-order valence-corrected chi connectivity index (χ3v) is 5.44. The summed E-state index contributed by atoms with van der Waals surface area (Å²) in [5.41, 5.74) is -0.255. The number of aryl methyl sites for hydroxylation is 1. The van der Waals surface area contributed by atoms with E-state index in [0.29, 0.717) is 0 Å². The van der Waals surface area contributed by atoms with Crippen LogP contribution >= 0.6 is 0 Å². The highest BCUT2D eigenvalue weighted by molar-refractivity contribution is 7.90. The van der Waals surface area contributed by atoms with Crippen LogP contribution in [0, 0.1) is 17.0 Å². The van der Waals surface area contributed by atoms with E-state index in [1.54, 1.807) is 0 Å². The first-order valence-corrected chi connectivity index (χ1v) is 9.91. The molecule has 12 heteroatoms. The number of hydrogen-bond donors (Lipinski definition) is 2. The number of ether oxygens (including phenoxy) is 2. The van der Waals surface area contributed by atoms with Gasteiger partial charge in [0.2, 0.25) is 0 Å². The molecule has 2 amide bonds. The molecule has 0 bridgehead atoms. The van der Waals surface area contributed by atoms with Crippen molar-refractivity contribution in [2.45, 2.75) is 11.8 Å². The molecule has 0 aliphatic heterocycles. The molecule has 2 N–H and O–H groups in total. The van der Waals surface area contributed by atoms with Crippen molar-refractivity contribution in [1.29, 1.82) is 0 Å².